The minimum atomic E-state index is 1.14. The Kier molecular flexibility index (Phi) is 1.68. The van der Waals surface area contributed by atoms with E-state index in [1.165, 1.54) is 5.56 Å². The molecule has 0 aliphatic heterocycles. The zero-order valence-corrected chi connectivity index (χ0v) is 5.09. The molecule has 1 rings (SSSR count). The van der Waals surface area contributed by atoms with Gasteiger partial charge in [-0.15, -0.1) is 0 Å². The molecule has 1 aromatic rings. The molecule has 0 unspecified atom stereocenters. The maximum atomic E-state index is 2.16. The molecule has 8 heavy (non-hydrogen) atoms. The van der Waals surface area contributed by atoms with Crippen LogP contribution < -0.4 is 0 Å². The van der Waals surface area contributed by atoms with Gasteiger partial charge >= 0.3 is 0 Å². The molecule has 42 valence electrons. The van der Waals surface area contributed by atoms with Gasteiger partial charge in [-0.1, -0.05) is 37.3 Å². The smallest absolute Gasteiger partial charge is 0.0307 e. The summed E-state index contributed by atoms with van der Waals surface area (Å²) in [6.07, 6.45) is 1.14. The lowest BCUT2D eigenvalue weighted by Gasteiger charge is -1.89. The fourth-order valence-electron chi connectivity index (χ4n) is 0.714. The van der Waals surface area contributed by atoms with Gasteiger partial charge in [-0.3, -0.25) is 0 Å². The van der Waals surface area contributed by atoms with Crippen LogP contribution in [0.3, 0.4) is 0 Å². The van der Waals surface area contributed by atoms with Crippen LogP contribution in [0.5, 0.6) is 0 Å². The fraction of sp³-hybridized carbons (Fsp3) is 0.250. The highest BCUT2D eigenvalue weighted by atomic mass is 14.8. The van der Waals surface area contributed by atoms with Crippen LogP contribution in [0, 0.1) is 0 Å². The van der Waals surface area contributed by atoms with Crippen LogP contribution in [-0.4, -0.2) is 0 Å². The van der Waals surface area contributed by atoms with Crippen molar-refractivity contribution >= 4 is 0 Å². The zero-order valence-electron chi connectivity index (χ0n) is 5.09. The maximum Gasteiger partial charge on any atom is -0.0307 e. The molecule has 0 saturated heterocycles. The van der Waals surface area contributed by atoms with Crippen LogP contribution in [0.25, 0.3) is 0 Å². The summed E-state index contributed by atoms with van der Waals surface area (Å²) in [4.78, 5) is 0. The summed E-state index contributed by atoms with van der Waals surface area (Å²) in [5.41, 5.74) is 1.41. The van der Waals surface area contributed by atoms with Gasteiger partial charge in [0.05, 0.1) is 0 Å². The maximum absolute atomic E-state index is 2.16. The average Bonchev–Trinajstić information content (AvgIpc) is 1.90. The first-order valence-corrected chi connectivity index (χ1v) is 2.97. The van der Waals surface area contributed by atoms with Crippen LogP contribution >= 0.6 is 0 Å². The molecule has 0 heteroatoms. The van der Waals surface area contributed by atoms with E-state index >= 15 is 0 Å². The van der Waals surface area contributed by atoms with Crippen LogP contribution in [0.1, 0.15) is 12.5 Å². The number of benzene rings is 1. The Morgan fingerprint density at radius 1 is 1.12 bits per heavy atom. The number of rotatable bonds is 1. The summed E-state index contributed by atoms with van der Waals surface area (Å²) in [6.45, 7) is 2.16. The first kappa shape index (κ1) is 5.36. The molecular formula is C8H10. The Hall–Kier alpha value is -0.780. The molecule has 0 spiro atoms. The van der Waals surface area contributed by atoms with Gasteiger partial charge in [0.2, 0.25) is 0 Å². The van der Waals surface area contributed by atoms with E-state index in [0.717, 1.165) is 6.42 Å². The Morgan fingerprint density at radius 2 is 1.75 bits per heavy atom. The molecule has 0 atom stereocenters. The largest absolute Gasteiger partial charge is 0.0622 e. The van der Waals surface area contributed by atoms with Crippen molar-refractivity contribution in [2.24, 2.45) is 0 Å². The van der Waals surface area contributed by atoms with Crippen LogP contribution in [0.15, 0.2) is 30.3 Å². The Bertz CT molecular complexity index is 141. The summed E-state index contributed by atoms with van der Waals surface area (Å²) in [6, 6.07) is 10.5. The topological polar surface area (TPSA) is 0 Å². The molecule has 0 nitrogen and oxygen atoms in total. The summed E-state index contributed by atoms with van der Waals surface area (Å²) >= 11 is 0. The van der Waals surface area contributed by atoms with E-state index in [-0.39, 0.29) is 0 Å². The molecule has 0 heterocycles. The highest BCUT2D eigenvalue weighted by Gasteiger charge is 1.79. The number of hydrogen-bond acceptors (Lipinski definition) is 0. The first-order valence-electron chi connectivity index (χ1n) is 2.97. The highest BCUT2D eigenvalue weighted by Crippen LogP contribution is 1.96. The average molecular weight is 114 g/mol. The van der Waals surface area contributed by atoms with E-state index in [2.05, 4.69) is 31.2 Å². The third-order valence-corrected chi connectivity index (χ3v) is 1.25. The van der Waals surface area contributed by atoms with Crippen LogP contribution in [0.4, 0.5) is 0 Å². The fourth-order valence-corrected chi connectivity index (χ4v) is 0.714. The van der Waals surface area contributed by atoms with Crippen molar-refractivity contribution in [3.8, 4) is 0 Å². The summed E-state index contributed by atoms with van der Waals surface area (Å²) in [7, 11) is 0. The molecule has 0 amide bonds. The highest BCUT2D eigenvalue weighted by molar-refractivity contribution is 5.13. The summed E-state index contributed by atoms with van der Waals surface area (Å²) in [5.74, 6) is 0. The minimum absolute atomic E-state index is 1.14. The molecule has 0 aliphatic rings. The van der Waals surface area contributed by atoms with E-state index in [4.69, 9.17) is 0 Å². The Morgan fingerprint density at radius 3 is 2.12 bits per heavy atom. The second-order valence-electron chi connectivity index (χ2n) is 1.84. The van der Waals surface area contributed by atoms with E-state index in [1.807, 2.05) is 6.07 Å². The van der Waals surface area contributed by atoms with E-state index in [0.29, 0.717) is 0 Å². The van der Waals surface area contributed by atoms with Crippen molar-refractivity contribution in [1.82, 2.24) is 0 Å². The predicted octanol–water partition coefficient (Wildman–Crippen LogP) is 2.25. The SMILES string of the molecule is [13CH3][13CH2][13c]1[13cH][13cH][13cH][13cH][13cH]1. The normalized spacial score (nSPS) is 9.12. The van der Waals surface area contributed by atoms with Crippen molar-refractivity contribution < 1.29 is 0 Å². The van der Waals surface area contributed by atoms with Crippen molar-refractivity contribution in [2.75, 3.05) is 0 Å². The van der Waals surface area contributed by atoms with E-state index < -0.39 is 0 Å². The lowest BCUT2D eigenvalue weighted by atomic mass is 11.2. The van der Waals surface area contributed by atoms with Gasteiger partial charge < -0.3 is 0 Å². The minimum Gasteiger partial charge on any atom is -0.0622 e. The van der Waals surface area contributed by atoms with Crippen LogP contribution in [-0.2, 0) is 6.42 Å². The number of aryl methyl sites for hydroxylation is 1. The Balaban J connectivity index is 2.83. The lowest BCUT2D eigenvalue weighted by Crippen LogP contribution is -1.73. The molecule has 0 bridgehead atoms. The van der Waals surface area contributed by atoms with Gasteiger partial charge in [0.1, 0.15) is 0 Å². The molecule has 0 fully saturated rings. The van der Waals surface area contributed by atoms with E-state index in [9.17, 15) is 0 Å². The first-order chi connectivity index (χ1) is 3.93. The second kappa shape index (κ2) is 2.51. The summed E-state index contributed by atoms with van der Waals surface area (Å²) in [5, 5.41) is 0. The van der Waals surface area contributed by atoms with Crippen molar-refractivity contribution in [3.05, 3.63) is 35.9 Å². The van der Waals surface area contributed by atoms with Gasteiger partial charge in [0.25, 0.3) is 0 Å². The molecule has 1 aromatic carbocycles. The quantitative estimate of drug-likeness (QED) is 0.491. The molecule has 0 radical (unpaired) electrons. The van der Waals surface area contributed by atoms with Gasteiger partial charge in [0, 0.05) is 0 Å². The van der Waals surface area contributed by atoms with Crippen molar-refractivity contribution in [2.45, 2.75) is 13.3 Å². The standard InChI is InChI=1S/C8H10/c1-2-8-6-4-3-5-7-8/h3-7H,2H2,1H3/i1+1,2+1,3+1,4+1,5+1,6+1,7+1,8+1. The second-order valence-corrected chi connectivity index (χ2v) is 1.84. The molecule has 0 N–H and O–H groups in total. The van der Waals surface area contributed by atoms with Crippen molar-refractivity contribution in [1.29, 1.82) is 0 Å². The molecule has 0 aromatic heterocycles. The molecule has 0 saturated carbocycles. The summed E-state index contributed by atoms with van der Waals surface area (Å²) < 4.78 is 0. The van der Waals surface area contributed by atoms with Gasteiger partial charge in [-0.05, 0) is 12.0 Å². The van der Waals surface area contributed by atoms with Crippen molar-refractivity contribution in [3.63, 3.8) is 0 Å². The third kappa shape index (κ3) is 1.09. The Labute approximate surface area is 50.2 Å². The molecule has 0 aliphatic carbocycles. The zero-order chi connectivity index (χ0) is 5.82. The third-order valence-electron chi connectivity index (χ3n) is 1.25. The van der Waals surface area contributed by atoms with E-state index in [1.54, 1.807) is 0 Å². The lowest BCUT2D eigenvalue weighted by molar-refractivity contribution is 1.14. The molecular weight excluding hydrogens is 104 g/mol. The number of hydrogen-bond donors (Lipinski definition) is 0. The van der Waals surface area contributed by atoms with Crippen LogP contribution in [0.2, 0.25) is 0 Å². The van der Waals surface area contributed by atoms with Gasteiger partial charge in [0.15, 0.2) is 0 Å². The predicted molar refractivity (Wildman–Crippen MR) is 35.8 cm³/mol. The van der Waals surface area contributed by atoms with Gasteiger partial charge in [-0.2, -0.15) is 0 Å². The van der Waals surface area contributed by atoms with Gasteiger partial charge in [-0.25, -0.2) is 0 Å². The monoisotopic (exact) mass is 114 g/mol.